The second kappa shape index (κ2) is 13.6. The summed E-state index contributed by atoms with van der Waals surface area (Å²) in [7, 11) is 0. The molecule has 0 heterocycles. The molecular formula is C30H50. The van der Waals surface area contributed by atoms with Crippen LogP contribution in [0.3, 0.4) is 0 Å². The van der Waals surface area contributed by atoms with Gasteiger partial charge in [0.1, 0.15) is 0 Å². The highest BCUT2D eigenvalue weighted by atomic mass is 14.3. The Balaban J connectivity index is 1.36. The van der Waals surface area contributed by atoms with E-state index >= 15 is 0 Å². The van der Waals surface area contributed by atoms with Gasteiger partial charge in [0.05, 0.1) is 0 Å². The van der Waals surface area contributed by atoms with Crippen molar-refractivity contribution < 1.29 is 0 Å². The van der Waals surface area contributed by atoms with Gasteiger partial charge in [-0.15, -0.1) is 0 Å². The lowest BCUT2D eigenvalue weighted by Crippen LogP contribution is -2.14. The molecule has 0 atom stereocenters. The first kappa shape index (κ1) is 23.9. The van der Waals surface area contributed by atoms with E-state index in [1.165, 1.54) is 116 Å². The minimum atomic E-state index is 0.838. The molecule has 0 bridgehead atoms. The van der Waals surface area contributed by atoms with Gasteiger partial charge in [-0.05, 0) is 86.2 Å². The van der Waals surface area contributed by atoms with Crippen LogP contribution in [0.25, 0.3) is 0 Å². The first-order valence-corrected chi connectivity index (χ1v) is 13.9. The summed E-state index contributed by atoms with van der Waals surface area (Å²) in [5, 5.41) is 0. The van der Waals surface area contributed by atoms with Gasteiger partial charge in [0.15, 0.2) is 0 Å². The minimum Gasteiger partial charge on any atom is -0.0654 e. The molecule has 1 aromatic rings. The zero-order valence-corrected chi connectivity index (χ0v) is 20.3. The molecule has 2 saturated carbocycles. The van der Waals surface area contributed by atoms with Gasteiger partial charge < -0.3 is 0 Å². The third-order valence-electron chi connectivity index (χ3n) is 8.50. The van der Waals surface area contributed by atoms with E-state index in [9.17, 15) is 0 Å². The maximum absolute atomic E-state index is 2.50. The number of unbranched alkanes of at least 4 members (excludes halogenated alkanes) is 6. The average Bonchev–Trinajstić information content (AvgIpc) is 2.81. The Morgan fingerprint density at radius 2 is 0.867 bits per heavy atom. The van der Waals surface area contributed by atoms with E-state index in [0.29, 0.717) is 0 Å². The molecule has 2 aliphatic rings. The zero-order chi connectivity index (χ0) is 21.0. The van der Waals surface area contributed by atoms with Crippen LogP contribution in [0.5, 0.6) is 0 Å². The quantitative estimate of drug-likeness (QED) is 0.301. The van der Waals surface area contributed by atoms with Crippen LogP contribution in [0, 0.1) is 11.8 Å². The first-order valence-electron chi connectivity index (χ1n) is 13.9. The fourth-order valence-electron chi connectivity index (χ4n) is 6.33. The summed E-state index contributed by atoms with van der Waals surface area (Å²) in [4.78, 5) is 0. The molecule has 2 fully saturated rings. The highest BCUT2D eigenvalue weighted by molar-refractivity contribution is 5.28. The summed E-state index contributed by atoms with van der Waals surface area (Å²) in [5.74, 6) is 3.72. The molecule has 0 N–H and O–H groups in total. The molecule has 3 rings (SSSR count). The van der Waals surface area contributed by atoms with Crippen molar-refractivity contribution in [2.24, 2.45) is 11.8 Å². The summed E-state index contributed by atoms with van der Waals surface area (Å²) in [6.07, 6.45) is 26.1. The lowest BCUT2D eigenvalue weighted by molar-refractivity contribution is 0.300. The van der Waals surface area contributed by atoms with Crippen LogP contribution in [0.1, 0.15) is 152 Å². The van der Waals surface area contributed by atoms with Gasteiger partial charge in [-0.25, -0.2) is 0 Å². The molecule has 0 radical (unpaired) electrons. The van der Waals surface area contributed by atoms with Crippen molar-refractivity contribution in [3.05, 3.63) is 35.4 Å². The van der Waals surface area contributed by atoms with E-state index in [1.54, 1.807) is 11.1 Å². The van der Waals surface area contributed by atoms with Gasteiger partial charge in [-0.3, -0.25) is 0 Å². The number of rotatable bonds is 12. The second-order valence-corrected chi connectivity index (χ2v) is 10.8. The third-order valence-corrected chi connectivity index (χ3v) is 8.50. The first-order chi connectivity index (χ1) is 14.8. The Morgan fingerprint density at radius 3 is 1.20 bits per heavy atom. The van der Waals surface area contributed by atoms with Crippen LogP contribution < -0.4 is 0 Å². The fraction of sp³-hybridized carbons (Fsp3) is 0.800. The number of hydrogen-bond acceptors (Lipinski definition) is 0. The van der Waals surface area contributed by atoms with E-state index in [1.807, 2.05) is 0 Å². The van der Waals surface area contributed by atoms with Gasteiger partial charge in [0.2, 0.25) is 0 Å². The maximum Gasteiger partial charge on any atom is -0.0162 e. The molecule has 30 heavy (non-hydrogen) atoms. The highest BCUT2D eigenvalue weighted by Crippen LogP contribution is 2.40. The predicted octanol–water partition coefficient (Wildman–Crippen LogP) is 10.2. The molecule has 2 aliphatic carbocycles. The number of hydrogen-bond donors (Lipinski definition) is 0. The Kier molecular flexibility index (Phi) is 10.8. The van der Waals surface area contributed by atoms with Gasteiger partial charge >= 0.3 is 0 Å². The predicted molar refractivity (Wildman–Crippen MR) is 133 cm³/mol. The monoisotopic (exact) mass is 410 g/mol. The molecule has 0 unspecified atom stereocenters. The molecule has 170 valence electrons. The minimum absolute atomic E-state index is 0.838. The fourth-order valence-corrected chi connectivity index (χ4v) is 6.33. The average molecular weight is 411 g/mol. The summed E-state index contributed by atoms with van der Waals surface area (Å²) < 4.78 is 0. The van der Waals surface area contributed by atoms with Crippen molar-refractivity contribution >= 4 is 0 Å². The van der Waals surface area contributed by atoms with Crippen LogP contribution in [-0.4, -0.2) is 0 Å². The lowest BCUT2D eigenvalue weighted by atomic mass is 9.75. The molecule has 0 aromatic heterocycles. The highest BCUT2D eigenvalue weighted by Gasteiger charge is 2.24. The Bertz CT molecular complexity index is 489. The van der Waals surface area contributed by atoms with E-state index < -0.39 is 0 Å². The van der Waals surface area contributed by atoms with E-state index in [0.717, 1.165) is 23.7 Å². The Labute approximate surface area is 188 Å². The lowest BCUT2D eigenvalue weighted by Gasteiger charge is -2.30. The van der Waals surface area contributed by atoms with Crippen molar-refractivity contribution in [3.8, 4) is 0 Å². The SMILES string of the molecule is CCCCCCC1CCC(c2ccc(C3CCC(CCCCCC)CC3)cc2)CC1. The van der Waals surface area contributed by atoms with Gasteiger partial charge in [-0.2, -0.15) is 0 Å². The van der Waals surface area contributed by atoms with Gasteiger partial charge in [0, 0.05) is 0 Å². The standard InChI is InChI=1S/C30H50/c1-3-5-7-9-11-25-13-17-27(18-14-25)29-21-23-30(24-22-29)28-19-15-26(16-20-28)12-10-8-6-4-2/h21-28H,3-20H2,1-2H3. The molecule has 0 amide bonds. The van der Waals surface area contributed by atoms with Gasteiger partial charge in [-0.1, -0.05) is 102 Å². The second-order valence-electron chi connectivity index (χ2n) is 10.8. The molecule has 0 nitrogen and oxygen atoms in total. The summed E-state index contributed by atoms with van der Waals surface area (Å²) in [6, 6.07) is 9.99. The van der Waals surface area contributed by atoms with Crippen LogP contribution in [0.4, 0.5) is 0 Å². The molecule has 0 saturated heterocycles. The number of benzene rings is 1. The van der Waals surface area contributed by atoms with Crippen LogP contribution >= 0.6 is 0 Å². The van der Waals surface area contributed by atoms with Crippen LogP contribution in [0.15, 0.2) is 24.3 Å². The van der Waals surface area contributed by atoms with Crippen molar-refractivity contribution in [1.29, 1.82) is 0 Å². The molecule has 1 aromatic carbocycles. The third kappa shape index (κ3) is 7.72. The molecule has 0 heteroatoms. The van der Waals surface area contributed by atoms with Crippen molar-refractivity contribution in [2.75, 3.05) is 0 Å². The summed E-state index contributed by atoms with van der Waals surface area (Å²) in [5.41, 5.74) is 3.26. The van der Waals surface area contributed by atoms with Crippen molar-refractivity contribution in [2.45, 2.75) is 141 Å². The van der Waals surface area contributed by atoms with Crippen LogP contribution in [-0.2, 0) is 0 Å². The molecule has 0 aliphatic heterocycles. The summed E-state index contributed by atoms with van der Waals surface area (Å²) >= 11 is 0. The molecular weight excluding hydrogens is 360 g/mol. The van der Waals surface area contributed by atoms with Crippen LogP contribution in [0.2, 0.25) is 0 Å². The van der Waals surface area contributed by atoms with Crippen molar-refractivity contribution in [1.82, 2.24) is 0 Å². The molecule has 0 spiro atoms. The van der Waals surface area contributed by atoms with E-state index in [2.05, 4.69) is 38.1 Å². The van der Waals surface area contributed by atoms with E-state index in [-0.39, 0.29) is 0 Å². The summed E-state index contributed by atoms with van der Waals surface area (Å²) in [6.45, 7) is 4.63. The smallest absolute Gasteiger partial charge is 0.0162 e. The van der Waals surface area contributed by atoms with E-state index in [4.69, 9.17) is 0 Å². The Morgan fingerprint density at radius 1 is 0.500 bits per heavy atom. The Hall–Kier alpha value is -0.780. The van der Waals surface area contributed by atoms with Gasteiger partial charge in [0.25, 0.3) is 0 Å². The maximum atomic E-state index is 2.50. The topological polar surface area (TPSA) is 0 Å². The zero-order valence-electron chi connectivity index (χ0n) is 20.3. The van der Waals surface area contributed by atoms with Crippen molar-refractivity contribution in [3.63, 3.8) is 0 Å². The largest absolute Gasteiger partial charge is 0.0654 e. The normalized spacial score (nSPS) is 27.3.